The molecule has 1 saturated heterocycles. The van der Waals surface area contributed by atoms with Crippen molar-refractivity contribution in [2.24, 2.45) is 0 Å². The Morgan fingerprint density at radius 1 is 1.07 bits per heavy atom. The van der Waals surface area contributed by atoms with Crippen LogP contribution in [0, 0.1) is 5.82 Å². The van der Waals surface area contributed by atoms with Gasteiger partial charge in [-0.05, 0) is 35.4 Å². The van der Waals surface area contributed by atoms with E-state index in [1.807, 2.05) is 0 Å². The monoisotopic (exact) mass is 428 g/mol. The number of amides is 1. The molecule has 0 atom stereocenters. The van der Waals surface area contributed by atoms with Crippen LogP contribution >= 0.6 is 10.6 Å². The summed E-state index contributed by atoms with van der Waals surface area (Å²) in [6.07, 6.45) is 1.47. The van der Waals surface area contributed by atoms with Crippen molar-refractivity contribution in [1.82, 2.24) is 14.9 Å². The van der Waals surface area contributed by atoms with Crippen molar-refractivity contribution in [2.75, 3.05) is 30.3 Å². The molecule has 2 aromatic carbocycles. The standard InChI is InChI=1S/C21H21FN4O3S/c22-18-13-14(5-6-17(18)19-7-8-24-21(23)25-19)15-3-1-2-4-16(15)20(27)26-9-11-30(28,29)12-10-26/h1-8,13,28-29H,9-12H2,(H2,23,24,25). The fraction of sp³-hybridized carbons (Fsp3) is 0.190. The lowest BCUT2D eigenvalue weighted by molar-refractivity contribution is 0.0768. The summed E-state index contributed by atoms with van der Waals surface area (Å²) in [5, 5.41) is 0. The smallest absolute Gasteiger partial charge is 0.254 e. The Morgan fingerprint density at radius 2 is 1.80 bits per heavy atom. The summed E-state index contributed by atoms with van der Waals surface area (Å²) >= 11 is 0. The van der Waals surface area contributed by atoms with E-state index in [4.69, 9.17) is 5.73 Å². The van der Waals surface area contributed by atoms with E-state index < -0.39 is 16.4 Å². The van der Waals surface area contributed by atoms with Crippen LogP contribution in [0.25, 0.3) is 22.4 Å². The molecule has 30 heavy (non-hydrogen) atoms. The minimum absolute atomic E-state index is 0.0602. The Morgan fingerprint density at radius 3 is 2.50 bits per heavy atom. The molecular formula is C21H21FN4O3S. The first kappa shape index (κ1) is 20.3. The maximum absolute atomic E-state index is 14.9. The van der Waals surface area contributed by atoms with Crippen LogP contribution in [0.2, 0.25) is 0 Å². The molecule has 1 aliphatic heterocycles. The van der Waals surface area contributed by atoms with E-state index in [2.05, 4.69) is 9.97 Å². The number of benzene rings is 2. The SMILES string of the molecule is Nc1nccc(-c2ccc(-c3ccccc3C(=O)N3CCS(O)(O)CC3)cc2F)n1. The van der Waals surface area contributed by atoms with Crippen LogP contribution in [0.1, 0.15) is 10.4 Å². The Bertz CT molecular complexity index is 1100. The minimum atomic E-state index is -2.60. The zero-order valence-corrected chi connectivity index (χ0v) is 16.8. The van der Waals surface area contributed by atoms with Crippen LogP contribution in [0.15, 0.2) is 54.7 Å². The second kappa shape index (κ2) is 8.02. The van der Waals surface area contributed by atoms with Gasteiger partial charge in [0.2, 0.25) is 5.95 Å². The third kappa shape index (κ3) is 4.13. The molecule has 7 nitrogen and oxygen atoms in total. The van der Waals surface area contributed by atoms with Gasteiger partial charge in [0.1, 0.15) is 5.82 Å². The maximum atomic E-state index is 14.9. The molecule has 3 aromatic rings. The molecule has 1 fully saturated rings. The molecule has 0 radical (unpaired) electrons. The predicted molar refractivity (Wildman–Crippen MR) is 116 cm³/mol. The van der Waals surface area contributed by atoms with Gasteiger partial charge in [-0.1, -0.05) is 24.3 Å². The lowest BCUT2D eigenvalue weighted by Crippen LogP contribution is -2.42. The number of nitrogens with zero attached hydrogens (tertiary/aromatic N) is 3. The lowest BCUT2D eigenvalue weighted by Gasteiger charge is -2.41. The van der Waals surface area contributed by atoms with Crippen LogP contribution in [-0.2, 0) is 0 Å². The number of aromatic nitrogens is 2. The molecule has 0 bridgehead atoms. The van der Waals surface area contributed by atoms with Crippen molar-refractivity contribution in [2.45, 2.75) is 0 Å². The number of halogens is 1. The van der Waals surface area contributed by atoms with Gasteiger partial charge in [-0.3, -0.25) is 13.9 Å². The molecule has 2 heterocycles. The first-order valence-electron chi connectivity index (χ1n) is 9.35. The highest BCUT2D eigenvalue weighted by molar-refractivity contribution is 8.24. The van der Waals surface area contributed by atoms with Crippen molar-refractivity contribution in [1.29, 1.82) is 0 Å². The van der Waals surface area contributed by atoms with E-state index >= 15 is 0 Å². The Hall–Kier alpha value is -3.01. The van der Waals surface area contributed by atoms with Crippen molar-refractivity contribution < 1.29 is 18.3 Å². The highest BCUT2D eigenvalue weighted by Crippen LogP contribution is 2.40. The molecule has 1 amide bonds. The Balaban J connectivity index is 1.66. The van der Waals surface area contributed by atoms with Gasteiger partial charge in [-0.15, -0.1) is 0 Å². The van der Waals surface area contributed by atoms with E-state index in [1.165, 1.54) is 12.3 Å². The van der Waals surface area contributed by atoms with Gasteiger partial charge < -0.3 is 10.6 Å². The van der Waals surface area contributed by atoms with E-state index in [0.29, 0.717) is 22.4 Å². The lowest BCUT2D eigenvalue weighted by atomic mass is 9.97. The van der Waals surface area contributed by atoms with Crippen LogP contribution < -0.4 is 5.73 Å². The molecule has 1 aliphatic rings. The van der Waals surface area contributed by atoms with Gasteiger partial charge in [-0.25, -0.2) is 14.4 Å². The summed E-state index contributed by atoms with van der Waals surface area (Å²) in [5.74, 6) is -0.295. The first-order chi connectivity index (χ1) is 14.3. The fourth-order valence-corrected chi connectivity index (χ4v) is 4.67. The Labute approximate surface area is 174 Å². The van der Waals surface area contributed by atoms with Crippen LogP contribution in [0.4, 0.5) is 10.3 Å². The van der Waals surface area contributed by atoms with E-state index in [-0.39, 0.29) is 42.0 Å². The molecule has 9 heteroatoms. The quantitative estimate of drug-likeness (QED) is 0.586. The zero-order valence-electron chi connectivity index (χ0n) is 16.0. The van der Waals surface area contributed by atoms with Crippen molar-refractivity contribution in [3.05, 3.63) is 66.1 Å². The molecule has 156 valence electrons. The van der Waals surface area contributed by atoms with Gasteiger partial charge in [0.15, 0.2) is 0 Å². The van der Waals surface area contributed by atoms with E-state index in [9.17, 15) is 18.3 Å². The van der Waals surface area contributed by atoms with E-state index in [0.717, 1.165) is 0 Å². The number of nitrogen functional groups attached to an aromatic ring is 1. The average Bonchev–Trinajstić information content (AvgIpc) is 2.73. The average molecular weight is 428 g/mol. The van der Waals surface area contributed by atoms with Gasteiger partial charge in [0.05, 0.1) is 17.2 Å². The number of rotatable bonds is 3. The number of hydrogen-bond donors (Lipinski definition) is 3. The zero-order chi connectivity index (χ0) is 21.3. The summed E-state index contributed by atoms with van der Waals surface area (Å²) in [5.41, 5.74) is 7.86. The summed E-state index contributed by atoms with van der Waals surface area (Å²) < 4.78 is 34.5. The highest BCUT2D eigenvalue weighted by Gasteiger charge is 2.27. The van der Waals surface area contributed by atoms with Crippen LogP contribution in [0.3, 0.4) is 0 Å². The summed E-state index contributed by atoms with van der Waals surface area (Å²) in [7, 11) is -2.60. The molecule has 0 saturated carbocycles. The largest absolute Gasteiger partial charge is 0.368 e. The van der Waals surface area contributed by atoms with E-state index in [1.54, 1.807) is 47.4 Å². The number of carbonyl (C=O) groups is 1. The maximum Gasteiger partial charge on any atom is 0.254 e. The second-order valence-electron chi connectivity index (χ2n) is 7.04. The first-order valence-corrected chi connectivity index (χ1v) is 11.2. The summed E-state index contributed by atoms with van der Waals surface area (Å²) in [6, 6.07) is 13.3. The number of anilines is 1. The molecule has 0 spiro atoms. The van der Waals surface area contributed by atoms with Gasteiger partial charge >= 0.3 is 0 Å². The van der Waals surface area contributed by atoms with Gasteiger partial charge in [0.25, 0.3) is 5.91 Å². The molecule has 4 rings (SSSR count). The summed E-state index contributed by atoms with van der Waals surface area (Å²) in [6.45, 7) is 0.551. The summed E-state index contributed by atoms with van der Waals surface area (Å²) in [4.78, 5) is 22.5. The number of hydrogen-bond acceptors (Lipinski definition) is 6. The predicted octanol–water partition coefficient (Wildman–Crippen LogP) is 3.74. The van der Waals surface area contributed by atoms with Crippen molar-refractivity contribution in [3.8, 4) is 22.4 Å². The normalized spacial score (nSPS) is 16.8. The molecular weight excluding hydrogens is 407 g/mol. The second-order valence-corrected chi connectivity index (χ2v) is 9.46. The fourth-order valence-electron chi connectivity index (χ4n) is 3.44. The number of nitrogens with two attached hydrogens (primary N) is 1. The molecule has 1 aromatic heterocycles. The third-order valence-corrected chi connectivity index (χ3v) is 6.72. The van der Waals surface area contributed by atoms with Crippen LogP contribution in [-0.4, -0.2) is 54.5 Å². The topological polar surface area (TPSA) is 113 Å². The van der Waals surface area contributed by atoms with Crippen LogP contribution in [0.5, 0.6) is 0 Å². The van der Waals surface area contributed by atoms with Crippen molar-refractivity contribution in [3.63, 3.8) is 0 Å². The van der Waals surface area contributed by atoms with Gasteiger partial charge in [-0.2, -0.15) is 10.6 Å². The highest BCUT2D eigenvalue weighted by atomic mass is 32.3. The molecule has 0 unspecified atom stereocenters. The molecule has 4 N–H and O–H groups in total. The van der Waals surface area contributed by atoms with Gasteiger partial charge in [0, 0.05) is 30.4 Å². The minimum Gasteiger partial charge on any atom is -0.368 e. The number of carbonyl (C=O) groups excluding carboxylic acids is 1. The molecule has 0 aliphatic carbocycles. The Kier molecular flexibility index (Phi) is 5.42. The van der Waals surface area contributed by atoms with Crippen molar-refractivity contribution >= 4 is 22.4 Å². The third-order valence-electron chi connectivity index (χ3n) is 5.05.